The summed E-state index contributed by atoms with van der Waals surface area (Å²) < 4.78 is 0. The minimum Gasteiger partial charge on any atom is -0.391 e. The van der Waals surface area contributed by atoms with Crippen LogP contribution < -0.4 is 0 Å². The fourth-order valence-corrected chi connectivity index (χ4v) is 1.31. The van der Waals surface area contributed by atoms with Gasteiger partial charge >= 0.3 is 0 Å². The first-order valence-electron chi connectivity index (χ1n) is 2.91. The summed E-state index contributed by atoms with van der Waals surface area (Å²) in [6.45, 7) is 2.18. The minimum absolute atomic E-state index is 0.123. The molecule has 0 unspecified atom stereocenters. The Balaban J connectivity index is 2.74. The first-order valence-corrected chi connectivity index (χ1v) is 3.73. The molecular formula is C6H9NOS. The fraction of sp³-hybridized carbons (Fsp3) is 0.500. The Hall–Kier alpha value is -0.410. The van der Waals surface area contributed by atoms with Gasteiger partial charge in [0.1, 0.15) is 0 Å². The van der Waals surface area contributed by atoms with Crippen molar-refractivity contribution in [1.29, 1.82) is 0 Å². The van der Waals surface area contributed by atoms with Crippen LogP contribution in [0.15, 0.2) is 6.20 Å². The van der Waals surface area contributed by atoms with Crippen molar-refractivity contribution in [2.75, 3.05) is 0 Å². The largest absolute Gasteiger partial charge is 0.391 e. The van der Waals surface area contributed by atoms with E-state index in [9.17, 15) is 0 Å². The van der Waals surface area contributed by atoms with Crippen LogP contribution >= 0.6 is 11.3 Å². The van der Waals surface area contributed by atoms with Crippen LogP contribution in [-0.2, 0) is 13.0 Å². The Morgan fingerprint density at radius 3 is 2.89 bits per heavy atom. The third-order valence-corrected chi connectivity index (χ3v) is 2.19. The molecule has 0 bridgehead atoms. The van der Waals surface area contributed by atoms with Gasteiger partial charge in [-0.1, -0.05) is 6.92 Å². The lowest BCUT2D eigenvalue weighted by molar-refractivity contribution is 0.285. The molecule has 9 heavy (non-hydrogen) atoms. The molecule has 0 spiro atoms. The molecule has 1 rings (SSSR count). The van der Waals surface area contributed by atoms with E-state index in [2.05, 4.69) is 11.9 Å². The normalized spacial score (nSPS) is 10.0. The second-order valence-electron chi connectivity index (χ2n) is 1.73. The molecule has 3 heteroatoms. The Labute approximate surface area is 58.2 Å². The second-order valence-corrected chi connectivity index (χ2v) is 2.93. The molecular weight excluding hydrogens is 134 g/mol. The summed E-state index contributed by atoms with van der Waals surface area (Å²) in [4.78, 5) is 5.01. The first kappa shape index (κ1) is 6.71. The molecule has 0 fully saturated rings. The molecule has 0 atom stereocenters. The molecule has 1 heterocycles. The van der Waals surface area contributed by atoms with Gasteiger partial charge in [-0.15, -0.1) is 11.3 Å². The maximum atomic E-state index is 8.62. The third kappa shape index (κ3) is 1.50. The number of hydrogen-bond acceptors (Lipinski definition) is 3. The summed E-state index contributed by atoms with van der Waals surface area (Å²) >= 11 is 1.57. The van der Waals surface area contributed by atoms with E-state index >= 15 is 0 Å². The molecule has 0 radical (unpaired) electrons. The number of rotatable bonds is 2. The molecule has 0 saturated carbocycles. The van der Waals surface area contributed by atoms with Gasteiger partial charge in [0.25, 0.3) is 0 Å². The van der Waals surface area contributed by atoms with Crippen LogP contribution in [0.5, 0.6) is 0 Å². The highest BCUT2D eigenvalue weighted by Crippen LogP contribution is 2.12. The lowest BCUT2D eigenvalue weighted by atomic mass is 10.5. The van der Waals surface area contributed by atoms with E-state index in [4.69, 9.17) is 5.11 Å². The summed E-state index contributed by atoms with van der Waals surface area (Å²) in [6.07, 6.45) is 2.69. The van der Waals surface area contributed by atoms with Crippen molar-refractivity contribution >= 4 is 11.3 Å². The first-order chi connectivity index (χ1) is 4.36. The maximum Gasteiger partial charge on any atom is 0.0925 e. The summed E-state index contributed by atoms with van der Waals surface area (Å²) in [5.41, 5.74) is 0. The molecule has 1 N–H and O–H groups in total. The Morgan fingerprint density at radius 1 is 1.78 bits per heavy atom. The molecule has 50 valence electrons. The number of aryl methyl sites for hydroxylation is 1. The standard InChI is InChI=1S/C6H9NOS/c1-2-6-7-3-5(4-8)9-6/h3,8H,2,4H2,1H3. The van der Waals surface area contributed by atoms with Crippen LogP contribution in [0, 0.1) is 0 Å². The van der Waals surface area contributed by atoms with Crippen LogP contribution in [0.25, 0.3) is 0 Å². The van der Waals surface area contributed by atoms with Gasteiger partial charge in [-0.3, -0.25) is 0 Å². The van der Waals surface area contributed by atoms with Gasteiger partial charge in [0.05, 0.1) is 16.5 Å². The summed E-state index contributed by atoms with van der Waals surface area (Å²) in [5.74, 6) is 0. The highest BCUT2D eigenvalue weighted by molar-refractivity contribution is 7.11. The van der Waals surface area contributed by atoms with Crippen molar-refractivity contribution < 1.29 is 5.11 Å². The Kier molecular flexibility index (Phi) is 2.19. The maximum absolute atomic E-state index is 8.62. The zero-order chi connectivity index (χ0) is 6.69. The highest BCUT2D eigenvalue weighted by atomic mass is 32.1. The van der Waals surface area contributed by atoms with Crippen LogP contribution in [0.1, 0.15) is 16.8 Å². The lowest BCUT2D eigenvalue weighted by Gasteiger charge is -1.81. The number of hydrogen-bond donors (Lipinski definition) is 1. The van der Waals surface area contributed by atoms with E-state index < -0.39 is 0 Å². The zero-order valence-corrected chi connectivity index (χ0v) is 6.11. The number of nitrogens with zero attached hydrogens (tertiary/aromatic N) is 1. The van der Waals surface area contributed by atoms with E-state index in [1.54, 1.807) is 17.5 Å². The van der Waals surface area contributed by atoms with E-state index in [0.29, 0.717) is 0 Å². The number of thiazole rings is 1. The van der Waals surface area contributed by atoms with Crippen LogP contribution in [0.3, 0.4) is 0 Å². The predicted octanol–water partition coefficient (Wildman–Crippen LogP) is 1.20. The molecule has 2 nitrogen and oxygen atoms in total. The van der Waals surface area contributed by atoms with Crippen LogP contribution in [0.4, 0.5) is 0 Å². The summed E-state index contributed by atoms with van der Waals surface area (Å²) in [7, 11) is 0. The zero-order valence-electron chi connectivity index (χ0n) is 5.29. The van der Waals surface area contributed by atoms with Gasteiger partial charge in [-0.05, 0) is 6.42 Å². The average Bonchev–Trinajstić information content (AvgIpc) is 2.34. The van der Waals surface area contributed by atoms with Crippen molar-refractivity contribution in [1.82, 2.24) is 4.98 Å². The fourth-order valence-electron chi connectivity index (χ4n) is 0.585. The van der Waals surface area contributed by atoms with Crippen molar-refractivity contribution in [2.45, 2.75) is 20.0 Å². The molecule has 0 amide bonds. The van der Waals surface area contributed by atoms with E-state index in [1.807, 2.05) is 0 Å². The molecule has 0 aliphatic carbocycles. The van der Waals surface area contributed by atoms with E-state index in [1.165, 1.54) is 0 Å². The number of aliphatic hydroxyl groups is 1. The van der Waals surface area contributed by atoms with Crippen molar-refractivity contribution in [2.24, 2.45) is 0 Å². The van der Waals surface area contributed by atoms with Crippen molar-refractivity contribution in [3.8, 4) is 0 Å². The molecule has 1 aromatic heterocycles. The number of aromatic nitrogens is 1. The summed E-state index contributed by atoms with van der Waals surface area (Å²) in [5, 5.41) is 9.71. The van der Waals surface area contributed by atoms with Gasteiger partial charge in [-0.2, -0.15) is 0 Å². The smallest absolute Gasteiger partial charge is 0.0925 e. The quantitative estimate of drug-likeness (QED) is 0.674. The minimum atomic E-state index is 0.123. The Bertz CT molecular complexity index is 166. The molecule has 0 aliphatic rings. The molecule has 0 aliphatic heterocycles. The molecule has 1 aromatic rings. The van der Waals surface area contributed by atoms with E-state index in [0.717, 1.165) is 16.3 Å². The highest BCUT2D eigenvalue weighted by Gasteiger charge is 1.95. The topological polar surface area (TPSA) is 33.1 Å². The van der Waals surface area contributed by atoms with Crippen molar-refractivity contribution in [3.63, 3.8) is 0 Å². The lowest BCUT2D eigenvalue weighted by Crippen LogP contribution is -1.70. The average molecular weight is 143 g/mol. The van der Waals surface area contributed by atoms with Gasteiger partial charge in [0, 0.05) is 6.20 Å². The number of aliphatic hydroxyl groups excluding tert-OH is 1. The van der Waals surface area contributed by atoms with Gasteiger partial charge < -0.3 is 5.11 Å². The third-order valence-electron chi connectivity index (χ3n) is 1.06. The Morgan fingerprint density at radius 2 is 2.56 bits per heavy atom. The monoisotopic (exact) mass is 143 g/mol. The van der Waals surface area contributed by atoms with Crippen LogP contribution in [0.2, 0.25) is 0 Å². The van der Waals surface area contributed by atoms with Gasteiger partial charge in [-0.25, -0.2) is 4.98 Å². The van der Waals surface area contributed by atoms with Gasteiger partial charge in [0.2, 0.25) is 0 Å². The molecule has 0 saturated heterocycles. The van der Waals surface area contributed by atoms with Crippen LogP contribution in [-0.4, -0.2) is 10.1 Å². The SMILES string of the molecule is CCc1ncc(CO)s1. The predicted molar refractivity (Wildman–Crippen MR) is 37.4 cm³/mol. The van der Waals surface area contributed by atoms with E-state index in [-0.39, 0.29) is 6.61 Å². The van der Waals surface area contributed by atoms with Crippen molar-refractivity contribution in [3.05, 3.63) is 16.1 Å². The second kappa shape index (κ2) is 2.94. The molecule has 0 aromatic carbocycles. The van der Waals surface area contributed by atoms with Gasteiger partial charge in [0.15, 0.2) is 0 Å². The summed E-state index contributed by atoms with van der Waals surface area (Å²) in [6, 6.07) is 0.